The van der Waals surface area contributed by atoms with E-state index < -0.39 is 0 Å². The summed E-state index contributed by atoms with van der Waals surface area (Å²) in [6.45, 7) is 5.65. The van der Waals surface area contributed by atoms with Crippen LogP contribution in [0.2, 0.25) is 5.02 Å². The molecule has 1 saturated heterocycles. The Morgan fingerprint density at radius 2 is 1.92 bits per heavy atom. The second-order valence-corrected chi connectivity index (χ2v) is 10.8. The number of benzene rings is 2. The number of amides is 1. The van der Waals surface area contributed by atoms with Gasteiger partial charge in [-0.25, -0.2) is 0 Å². The van der Waals surface area contributed by atoms with Gasteiger partial charge in [0.15, 0.2) is 0 Å². The van der Waals surface area contributed by atoms with Crippen molar-refractivity contribution in [2.45, 2.75) is 51.9 Å². The zero-order valence-corrected chi connectivity index (χ0v) is 22.2. The number of Topliss-reactive ketones (excluding diaryl/α,β-unsaturated/α-hetero) is 1. The largest absolute Gasteiger partial charge is 0.457 e. The number of ketones is 1. The van der Waals surface area contributed by atoms with E-state index in [0.29, 0.717) is 47.4 Å². The Labute approximate surface area is 223 Å². The Bertz CT molecular complexity index is 1300. The van der Waals surface area contributed by atoms with Crippen molar-refractivity contribution in [2.24, 2.45) is 5.92 Å². The number of aromatic nitrogens is 1. The lowest BCUT2D eigenvalue weighted by Gasteiger charge is -2.26. The first-order valence-corrected chi connectivity index (χ1v) is 13.7. The Kier molecular flexibility index (Phi) is 8.06. The number of nitrogens with zero attached hydrogens (tertiary/aromatic N) is 2. The summed E-state index contributed by atoms with van der Waals surface area (Å²) < 4.78 is 6.19. The van der Waals surface area contributed by atoms with Crippen LogP contribution in [0.15, 0.2) is 42.6 Å². The minimum Gasteiger partial charge on any atom is -0.457 e. The van der Waals surface area contributed by atoms with Crippen molar-refractivity contribution in [1.29, 1.82) is 0 Å². The SMILES string of the molecule is Cc1cc2nccc(Oc3ccc(CC(=O)CC4CC4)c(Cl)c3)c2cc1C(=O)NCCN1CCCCC1. The number of piperidine rings is 1. The number of likely N-dealkylation sites (tertiary alicyclic amines) is 1. The van der Waals surface area contributed by atoms with Crippen molar-refractivity contribution in [3.05, 3.63) is 64.3 Å². The van der Waals surface area contributed by atoms with Crippen molar-refractivity contribution in [3.63, 3.8) is 0 Å². The molecule has 2 aliphatic rings. The maximum absolute atomic E-state index is 13.0. The van der Waals surface area contributed by atoms with E-state index in [9.17, 15) is 9.59 Å². The first-order valence-electron chi connectivity index (χ1n) is 13.3. The molecule has 1 amide bonds. The Balaban J connectivity index is 1.29. The van der Waals surface area contributed by atoms with Crippen LogP contribution < -0.4 is 10.1 Å². The fourth-order valence-corrected chi connectivity index (χ4v) is 5.24. The van der Waals surface area contributed by atoms with Crippen LogP contribution in [0.3, 0.4) is 0 Å². The zero-order valence-electron chi connectivity index (χ0n) is 21.4. The minimum absolute atomic E-state index is 0.0884. The number of ether oxygens (including phenoxy) is 1. The van der Waals surface area contributed by atoms with E-state index in [1.54, 1.807) is 18.3 Å². The number of fused-ring (bicyclic) bond motifs is 1. The number of aryl methyl sites for hydroxylation is 1. The van der Waals surface area contributed by atoms with Crippen molar-refractivity contribution in [1.82, 2.24) is 15.2 Å². The second kappa shape index (κ2) is 11.6. The van der Waals surface area contributed by atoms with E-state index in [0.717, 1.165) is 54.5 Å². The fourth-order valence-electron chi connectivity index (χ4n) is 5.00. The summed E-state index contributed by atoms with van der Waals surface area (Å²) >= 11 is 6.50. The molecule has 7 heteroatoms. The van der Waals surface area contributed by atoms with Gasteiger partial charge >= 0.3 is 0 Å². The molecule has 6 nitrogen and oxygen atoms in total. The van der Waals surface area contributed by atoms with Gasteiger partial charge < -0.3 is 15.0 Å². The van der Waals surface area contributed by atoms with Crippen molar-refractivity contribution in [3.8, 4) is 11.5 Å². The van der Waals surface area contributed by atoms with Gasteiger partial charge in [0.05, 0.1) is 5.52 Å². The molecule has 1 aliphatic heterocycles. The zero-order chi connectivity index (χ0) is 25.8. The summed E-state index contributed by atoms with van der Waals surface area (Å²) in [4.78, 5) is 32.2. The van der Waals surface area contributed by atoms with E-state index in [2.05, 4.69) is 15.2 Å². The van der Waals surface area contributed by atoms with Crippen LogP contribution in [0.5, 0.6) is 11.5 Å². The summed E-state index contributed by atoms with van der Waals surface area (Å²) in [5.41, 5.74) is 3.06. The number of carbonyl (C=O) groups is 2. The fraction of sp³-hybridized carbons (Fsp3) is 0.433. The summed E-state index contributed by atoms with van der Waals surface area (Å²) in [5, 5.41) is 4.36. The maximum Gasteiger partial charge on any atom is 0.251 e. The summed E-state index contributed by atoms with van der Waals surface area (Å²) in [5.74, 6) is 1.88. The molecule has 2 heterocycles. The minimum atomic E-state index is -0.0884. The van der Waals surface area contributed by atoms with Gasteiger partial charge in [0.25, 0.3) is 5.91 Å². The van der Waals surface area contributed by atoms with Crippen molar-refractivity contribution >= 4 is 34.2 Å². The van der Waals surface area contributed by atoms with Crippen molar-refractivity contribution < 1.29 is 14.3 Å². The average molecular weight is 520 g/mol. The van der Waals surface area contributed by atoms with E-state index in [1.165, 1.54) is 19.3 Å². The van der Waals surface area contributed by atoms with E-state index in [4.69, 9.17) is 16.3 Å². The molecule has 5 rings (SSSR count). The van der Waals surface area contributed by atoms with Crippen LogP contribution in [0, 0.1) is 12.8 Å². The third-order valence-electron chi connectivity index (χ3n) is 7.31. The highest BCUT2D eigenvalue weighted by molar-refractivity contribution is 6.31. The summed E-state index contributed by atoms with van der Waals surface area (Å²) in [6, 6.07) is 11.0. The molecule has 1 saturated carbocycles. The van der Waals surface area contributed by atoms with Crippen LogP contribution in [0.25, 0.3) is 10.9 Å². The Hall–Kier alpha value is -2.96. The highest BCUT2D eigenvalue weighted by Gasteiger charge is 2.24. The quantitative estimate of drug-likeness (QED) is 0.349. The number of halogens is 1. The molecule has 0 bridgehead atoms. The van der Waals surface area contributed by atoms with Gasteiger partial charge in [-0.05, 0) is 93.1 Å². The number of carbonyl (C=O) groups excluding carboxylic acids is 2. The van der Waals surface area contributed by atoms with E-state index >= 15 is 0 Å². The molecule has 2 fully saturated rings. The molecule has 1 N–H and O–H groups in total. The van der Waals surface area contributed by atoms with Crippen LogP contribution in [-0.2, 0) is 11.2 Å². The lowest BCUT2D eigenvalue weighted by molar-refractivity contribution is -0.118. The van der Waals surface area contributed by atoms with Crippen molar-refractivity contribution in [2.75, 3.05) is 26.2 Å². The molecule has 3 aromatic rings. The summed E-state index contributed by atoms with van der Waals surface area (Å²) in [7, 11) is 0. The number of hydrogen-bond donors (Lipinski definition) is 1. The number of hydrogen-bond acceptors (Lipinski definition) is 5. The molecule has 0 spiro atoms. The topological polar surface area (TPSA) is 71.5 Å². The first kappa shape index (κ1) is 25.7. The predicted octanol–water partition coefficient (Wildman–Crippen LogP) is 6.12. The molecule has 194 valence electrons. The van der Waals surface area contributed by atoms with Gasteiger partial charge in [-0.1, -0.05) is 24.1 Å². The third-order valence-corrected chi connectivity index (χ3v) is 7.66. The monoisotopic (exact) mass is 519 g/mol. The molecular weight excluding hydrogens is 486 g/mol. The average Bonchev–Trinajstić information content (AvgIpc) is 3.70. The number of rotatable bonds is 10. The normalized spacial score (nSPS) is 16.1. The first-order chi connectivity index (χ1) is 18.0. The molecule has 1 aromatic heterocycles. The number of pyridine rings is 1. The molecule has 2 aromatic carbocycles. The van der Waals surface area contributed by atoms with E-state index in [1.807, 2.05) is 31.2 Å². The third kappa shape index (κ3) is 6.68. The lowest BCUT2D eigenvalue weighted by atomic mass is 10.0. The molecular formula is C30H34ClN3O3. The Morgan fingerprint density at radius 1 is 1.11 bits per heavy atom. The molecule has 1 aliphatic carbocycles. The molecule has 0 unspecified atom stereocenters. The van der Waals surface area contributed by atoms with Crippen LogP contribution >= 0.6 is 11.6 Å². The maximum atomic E-state index is 13.0. The second-order valence-electron chi connectivity index (χ2n) is 10.4. The van der Waals surface area contributed by atoms with Gasteiger partial charge in [0.2, 0.25) is 0 Å². The van der Waals surface area contributed by atoms with E-state index in [-0.39, 0.29) is 11.7 Å². The van der Waals surface area contributed by atoms with Gasteiger partial charge in [0.1, 0.15) is 17.3 Å². The molecule has 0 radical (unpaired) electrons. The summed E-state index contributed by atoms with van der Waals surface area (Å²) in [6.07, 6.45) is 8.78. The van der Waals surface area contributed by atoms with Crippen LogP contribution in [0.1, 0.15) is 60.0 Å². The van der Waals surface area contributed by atoms with Gasteiger partial charge in [-0.2, -0.15) is 0 Å². The Morgan fingerprint density at radius 3 is 2.68 bits per heavy atom. The highest BCUT2D eigenvalue weighted by atomic mass is 35.5. The lowest BCUT2D eigenvalue weighted by Crippen LogP contribution is -2.37. The van der Waals surface area contributed by atoms with Gasteiger partial charge in [0, 0.05) is 48.1 Å². The number of nitrogens with one attached hydrogen (secondary N) is 1. The van der Waals surface area contributed by atoms with Gasteiger partial charge in [-0.3, -0.25) is 14.6 Å². The smallest absolute Gasteiger partial charge is 0.251 e. The molecule has 0 atom stereocenters. The van der Waals surface area contributed by atoms with Crippen LogP contribution in [-0.4, -0.2) is 47.8 Å². The highest BCUT2D eigenvalue weighted by Crippen LogP contribution is 2.35. The standard InChI is InChI=1S/C30H34ClN3O3/c1-20-15-28-26(19-25(20)30(36)33-11-14-34-12-3-2-4-13-34)29(9-10-32-28)37-24-8-7-22(27(31)18-24)17-23(35)16-21-5-6-21/h7-10,15,18-19,21H,2-6,11-14,16-17H2,1H3,(H,33,36). The van der Waals surface area contributed by atoms with Crippen LogP contribution in [0.4, 0.5) is 0 Å². The predicted molar refractivity (Wildman–Crippen MR) is 147 cm³/mol. The van der Waals surface area contributed by atoms with Gasteiger partial charge in [-0.15, -0.1) is 0 Å². The molecule has 37 heavy (non-hydrogen) atoms.